The fourth-order valence-corrected chi connectivity index (χ4v) is 4.31. The van der Waals surface area contributed by atoms with Crippen LogP contribution in [0, 0.1) is 0 Å². The number of anilines is 1. The first-order valence-electron chi connectivity index (χ1n) is 11.5. The zero-order chi connectivity index (χ0) is 23.6. The van der Waals surface area contributed by atoms with E-state index < -0.39 is 5.60 Å². The molecule has 176 valence electrons. The molecule has 0 spiro atoms. The van der Waals surface area contributed by atoms with Gasteiger partial charge in [-0.25, -0.2) is 9.78 Å². The summed E-state index contributed by atoms with van der Waals surface area (Å²) in [5.41, 5.74) is 2.75. The average Bonchev–Trinajstić information content (AvgIpc) is 3.16. The molecular weight excluding hydrogens is 416 g/mol. The van der Waals surface area contributed by atoms with Gasteiger partial charge >= 0.3 is 6.09 Å². The molecule has 0 N–H and O–H groups in total. The van der Waals surface area contributed by atoms with Gasteiger partial charge in [0, 0.05) is 20.1 Å². The van der Waals surface area contributed by atoms with Crippen molar-refractivity contribution in [3.63, 3.8) is 0 Å². The molecule has 0 unspecified atom stereocenters. The summed E-state index contributed by atoms with van der Waals surface area (Å²) in [6.07, 6.45) is 1.66. The number of carbonyl (C=O) groups excluding carboxylic acids is 1. The maximum atomic E-state index is 12.7. The number of fused-ring (bicyclic) bond motifs is 1. The number of aromatic nitrogens is 2. The van der Waals surface area contributed by atoms with Gasteiger partial charge in [-0.2, -0.15) is 0 Å². The van der Waals surface area contributed by atoms with E-state index >= 15 is 0 Å². The molecule has 1 fully saturated rings. The van der Waals surface area contributed by atoms with Crippen LogP contribution in [-0.2, 0) is 11.3 Å². The molecule has 1 aliphatic heterocycles. The zero-order valence-corrected chi connectivity index (χ0v) is 20.2. The second-order valence-corrected chi connectivity index (χ2v) is 9.67. The first-order chi connectivity index (χ1) is 15.7. The van der Waals surface area contributed by atoms with E-state index in [1.165, 1.54) is 5.56 Å². The van der Waals surface area contributed by atoms with Gasteiger partial charge in [0.1, 0.15) is 11.4 Å². The molecule has 2 heterocycles. The average molecular weight is 451 g/mol. The lowest BCUT2D eigenvalue weighted by molar-refractivity contribution is 0.0209. The Balaban J connectivity index is 1.60. The largest absolute Gasteiger partial charge is 0.497 e. The molecule has 0 aliphatic carbocycles. The van der Waals surface area contributed by atoms with E-state index in [0.29, 0.717) is 6.54 Å². The summed E-state index contributed by atoms with van der Waals surface area (Å²) in [7, 11) is 3.51. The van der Waals surface area contributed by atoms with E-state index in [9.17, 15) is 4.79 Å². The number of imidazole rings is 1. The molecule has 1 aliphatic rings. The Hall–Kier alpha value is -3.22. The van der Waals surface area contributed by atoms with Crippen molar-refractivity contribution in [1.82, 2.24) is 14.5 Å². The van der Waals surface area contributed by atoms with Crippen molar-refractivity contribution in [2.45, 2.75) is 51.8 Å². The molecule has 0 radical (unpaired) electrons. The Morgan fingerprint density at radius 1 is 1.15 bits per heavy atom. The molecular formula is C26H34N4O3. The number of rotatable bonds is 5. The van der Waals surface area contributed by atoms with Crippen LogP contribution in [0.15, 0.2) is 48.5 Å². The van der Waals surface area contributed by atoms with Gasteiger partial charge in [0.2, 0.25) is 5.95 Å². The first-order valence-corrected chi connectivity index (χ1v) is 11.5. The first kappa shape index (κ1) is 23.0. The summed E-state index contributed by atoms with van der Waals surface area (Å²) in [6.45, 7) is 8.03. The Morgan fingerprint density at radius 3 is 2.58 bits per heavy atom. The number of para-hydroxylation sites is 2. The molecule has 1 atom stereocenters. The predicted molar refractivity (Wildman–Crippen MR) is 131 cm³/mol. The number of hydrogen-bond acceptors (Lipinski definition) is 5. The van der Waals surface area contributed by atoms with E-state index in [2.05, 4.69) is 33.7 Å². The summed E-state index contributed by atoms with van der Waals surface area (Å²) < 4.78 is 13.2. The minimum atomic E-state index is -0.508. The standard InChI is InChI=1S/C26H34N4O3/c1-26(2,3)33-25(31)28(4)20-9-8-16-29(18-20)24-27-22-10-6-7-11-23(22)30(24)17-19-12-14-21(32-5)15-13-19/h6-7,10-15,20H,8-9,16-18H2,1-5H3/t20-/m1/s1. The highest BCUT2D eigenvalue weighted by Gasteiger charge is 2.31. The fourth-order valence-electron chi connectivity index (χ4n) is 4.31. The summed E-state index contributed by atoms with van der Waals surface area (Å²) in [6, 6.07) is 16.5. The summed E-state index contributed by atoms with van der Waals surface area (Å²) in [5.74, 6) is 1.79. The maximum Gasteiger partial charge on any atom is 0.410 e. The Bertz CT molecular complexity index is 1100. The summed E-state index contributed by atoms with van der Waals surface area (Å²) >= 11 is 0. The molecule has 7 heteroatoms. The number of hydrogen-bond donors (Lipinski definition) is 0. The van der Waals surface area contributed by atoms with E-state index in [4.69, 9.17) is 14.5 Å². The minimum Gasteiger partial charge on any atom is -0.497 e. The molecule has 33 heavy (non-hydrogen) atoms. The van der Waals surface area contributed by atoms with Gasteiger partial charge in [-0.3, -0.25) is 0 Å². The number of likely N-dealkylation sites (N-methyl/N-ethyl adjacent to an activating group) is 1. The van der Waals surface area contributed by atoms with Crippen molar-refractivity contribution in [2.24, 2.45) is 0 Å². The Morgan fingerprint density at radius 2 is 1.88 bits per heavy atom. The molecule has 0 bridgehead atoms. The van der Waals surface area contributed by atoms with Gasteiger partial charge in [0.05, 0.1) is 30.7 Å². The highest BCUT2D eigenvalue weighted by atomic mass is 16.6. The zero-order valence-electron chi connectivity index (χ0n) is 20.2. The molecule has 2 aromatic carbocycles. The van der Waals surface area contributed by atoms with E-state index in [1.54, 1.807) is 12.0 Å². The van der Waals surface area contributed by atoms with Crippen LogP contribution in [0.1, 0.15) is 39.2 Å². The van der Waals surface area contributed by atoms with Crippen LogP contribution in [0.4, 0.5) is 10.7 Å². The van der Waals surface area contributed by atoms with Gasteiger partial charge < -0.3 is 23.8 Å². The van der Waals surface area contributed by atoms with Gasteiger partial charge in [0.15, 0.2) is 0 Å². The number of methoxy groups -OCH3 is 1. The van der Waals surface area contributed by atoms with Gasteiger partial charge in [0.25, 0.3) is 0 Å². The second-order valence-electron chi connectivity index (χ2n) is 9.67. The number of nitrogens with zero attached hydrogens (tertiary/aromatic N) is 4. The summed E-state index contributed by atoms with van der Waals surface area (Å²) in [5, 5.41) is 0. The second kappa shape index (κ2) is 9.33. The number of piperidine rings is 1. The number of carbonyl (C=O) groups is 1. The molecule has 4 rings (SSSR count). The van der Waals surface area contributed by atoms with Crippen LogP contribution in [0.5, 0.6) is 5.75 Å². The van der Waals surface area contributed by atoms with E-state index in [0.717, 1.165) is 48.7 Å². The smallest absolute Gasteiger partial charge is 0.410 e. The molecule has 1 saturated heterocycles. The highest BCUT2D eigenvalue weighted by molar-refractivity contribution is 5.79. The van der Waals surface area contributed by atoms with E-state index in [1.807, 2.05) is 52.1 Å². The molecule has 7 nitrogen and oxygen atoms in total. The lowest BCUT2D eigenvalue weighted by atomic mass is 10.1. The minimum absolute atomic E-state index is 0.0721. The quantitative estimate of drug-likeness (QED) is 0.552. The van der Waals surface area contributed by atoms with Crippen molar-refractivity contribution in [2.75, 3.05) is 32.1 Å². The molecule has 3 aromatic rings. The van der Waals surface area contributed by atoms with Gasteiger partial charge in [-0.1, -0.05) is 24.3 Å². The van der Waals surface area contributed by atoms with Crippen LogP contribution in [0.2, 0.25) is 0 Å². The van der Waals surface area contributed by atoms with Crippen molar-refractivity contribution >= 4 is 23.1 Å². The molecule has 1 amide bonds. The SMILES string of the molecule is COc1ccc(Cn2c(N3CCC[C@@H](N(C)C(=O)OC(C)(C)C)C3)nc3ccccc32)cc1. The van der Waals surface area contributed by atoms with E-state index in [-0.39, 0.29) is 12.1 Å². The number of amides is 1. The monoisotopic (exact) mass is 450 g/mol. The third kappa shape index (κ3) is 5.24. The van der Waals surface area contributed by atoms with Crippen LogP contribution in [0.3, 0.4) is 0 Å². The number of ether oxygens (including phenoxy) is 2. The van der Waals surface area contributed by atoms with Crippen molar-refractivity contribution in [3.05, 3.63) is 54.1 Å². The highest BCUT2D eigenvalue weighted by Crippen LogP contribution is 2.28. The van der Waals surface area contributed by atoms with Gasteiger partial charge in [-0.15, -0.1) is 0 Å². The molecule has 0 saturated carbocycles. The van der Waals surface area contributed by atoms with Crippen molar-refractivity contribution < 1.29 is 14.3 Å². The summed E-state index contributed by atoms with van der Waals surface area (Å²) in [4.78, 5) is 21.7. The topological polar surface area (TPSA) is 59.8 Å². The fraction of sp³-hybridized carbons (Fsp3) is 0.462. The van der Waals surface area contributed by atoms with Crippen molar-refractivity contribution in [3.8, 4) is 5.75 Å². The Kier molecular flexibility index (Phi) is 6.49. The third-order valence-corrected chi connectivity index (χ3v) is 6.04. The van der Waals surface area contributed by atoms with Crippen LogP contribution in [-0.4, -0.2) is 59.4 Å². The van der Waals surface area contributed by atoms with Crippen LogP contribution < -0.4 is 9.64 Å². The van der Waals surface area contributed by atoms with Crippen molar-refractivity contribution in [1.29, 1.82) is 0 Å². The normalized spacial score (nSPS) is 16.6. The lowest BCUT2D eigenvalue weighted by Gasteiger charge is -2.38. The Labute approximate surface area is 195 Å². The molecule has 1 aromatic heterocycles. The van der Waals surface area contributed by atoms with Gasteiger partial charge in [-0.05, 0) is 63.4 Å². The van der Waals surface area contributed by atoms with Crippen LogP contribution in [0.25, 0.3) is 11.0 Å². The van der Waals surface area contributed by atoms with Crippen LogP contribution >= 0.6 is 0 Å². The predicted octanol–water partition coefficient (Wildman–Crippen LogP) is 4.93. The number of benzene rings is 2. The maximum absolute atomic E-state index is 12.7. The third-order valence-electron chi connectivity index (χ3n) is 6.04. The lowest BCUT2D eigenvalue weighted by Crippen LogP contribution is -2.50.